The minimum Gasteiger partial charge on any atom is -0.500 e. The average Bonchev–Trinajstić information content (AvgIpc) is 2.96. The lowest BCUT2D eigenvalue weighted by Gasteiger charge is -2.07. The molecule has 10 nitrogen and oxygen atoms in total. The van der Waals surface area contributed by atoms with Gasteiger partial charge in [-0.05, 0) is 47.7 Å². The van der Waals surface area contributed by atoms with E-state index in [-0.39, 0.29) is 27.7 Å². The van der Waals surface area contributed by atoms with Crippen molar-refractivity contribution >= 4 is 46.3 Å². The van der Waals surface area contributed by atoms with Crippen LogP contribution in [0.15, 0.2) is 46.3 Å². The summed E-state index contributed by atoms with van der Waals surface area (Å²) >= 11 is 1.03. The van der Waals surface area contributed by atoms with Crippen LogP contribution >= 0.6 is 11.8 Å². The van der Waals surface area contributed by atoms with Crippen LogP contribution in [0, 0.1) is 10.1 Å². The van der Waals surface area contributed by atoms with Crippen LogP contribution in [0.1, 0.15) is 15.9 Å². The second kappa shape index (κ2) is 8.25. The van der Waals surface area contributed by atoms with Crippen LogP contribution in [-0.4, -0.2) is 51.2 Å². The van der Waals surface area contributed by atoms with Gasteiger partial charge < -0.3 is 14.9 Å². The molecular weight excluding hydrogens is 414 g/mol. The maximum absolute atomic E-state index is 12.6. The van der Waals surface area contributed by atoms with Crippen LogP contribution in [-0.2, 0) is 4.79 Å². The lowest BCUT2D eigenvalue weighted by molar-refractivity contribution is -0.386. The Morgan fingerprint density at radius 3 is 2.70 bits per heavy atom. The fraction of sp³-hybridized carbons (Fsp3) is 0.105. The largest absolute Gasteiger partial charge is 0.500 e. The highest BCUT2D eigenvalue weighted by Gasteiger charge is 2.31. The Kier molecular flexibility index (Phi) is 5.74. The Bertz CT molecular complexity index is 1130. The lowest BCUT2D eigenvalue weighted by atomic mass is 10.1. The molecule has 2 N–H and O–H groups in total. The predicted octanol–water partition coefficient (Wildman–Crippen LogP) is 3.24. The molecule has 11 heteroatoms. The van der Waals surface area contributed by atoms with E-state index in [4.69, 9.17) is 9.84 Å². The van der Waals surface area contributed by atoms with Gasteiger partial charge in [-0.25, -0.2) is 9.79 Å². The van der Waals surface area contributed by atoms with E-state index in [1.807, 2.05) is 0 Å². The second-order valence-corrected chi connectivity index (χ2v) is 7.08. The third kappa shape index (κ3) is 4.10. The third-order valence-corrected chi connectivity index (χ3v) is 5.17. The van der Waals surface area contributed by atoms with E-state index in [9.17, 15) is 24.8 Å². The number of phenols is 1. The average molecular weight is 429 g/mol. The summed E-state index contributed by atoms with van der Waals surface area (Å²) in [7, 11) is 2.77. The number of carboxylic acid groups (broad SMARTS) is 1. The molecule has 0 unspecified atom stereocenters. The highest BCUT2D eigenvalue weighted by atomic mass is 32.2. The molecule has 1 aliphatic heterocycles. The van der Waals surface area contributed by atoms with E-state index in [0.717, 1.165) is 17.8 Å². The molecule has 1 saturated heterocycles. The van der Waals surface area contributed by atoms with E-state index in [2.05, 4.69) is 4.99 Å². The SMILES string of the molecule is COc1cc(/C=C2\SC(=Nc3cccc(C(=O)O)c3)N(C)C2=O)cc([N+](=O)[O-])c1O. The van der Waals surface area contributed by atoms with E-state index in [1.165, 1.54) is 43.3 Å². The first-order chi connectivity index (χ1) is 14.2. The number of carboxylic acids is 1. The molecule has 0 spiro atoms. The van der Waals surface area contributed by atoms with Gasteiger partial charge in [0.15, 0.2) is 10.9 Å². The van der Waals surface area contributed by atoms with Crippen LogP contribution in [0.4, 0.5) is 11.4 Å². The fourth-order valence-electron chi connectivity index (χ4n) is 2.61. The number of carbonyl (C=O) groups excluding carboxylic acids is 1. The molecule has 1 fully saturated rings. The van der Waals surface area contributed by atoms with Gasteiger partial charge in [-0.1, -0.05) is 6.07 Å². The van der Waals surface area contributed by atoms with Crippen molar-refractivity contribution in [2.24, 2.45) is 4.99 Å². The zero-order valence-electron chi connectivity index (χ0n) is 15.7. The van der Waals surface area contributed by atoms with Crippen molar-refractivity contribution in [3.05, 3.63) is 62.5 Å². The first-order valence-electron chi connectivity index (χ1n) is 8.36. The maximum atomic E-state index is 12.6. The molecule has 0 radical (unpaired) electrons. The Morgan fingerprint density at radius 1 is 1.33 bits per heavy atom. The number of likely N-dealkylation sites (N-methyl/N-ethyl adjacent to an activating group) is 1. The van der Waals surface area contributed by atoms with Gasteiger partial charge in [-0.3, -0.25) is 19.8 Å². The van der Waals surface area contributed by atoms with Crippen molar-refractivity contribution in [3.63, 3.8) is 0 Å². The number of nitro benzene ring substituents is 1. The number of ether oxygens (including phenoxy) is 1. The number of nitrogens with zero attached hydrogens (tertiary/aromatic N) is 3. The second-order valence-electron chi connectivity index (χ2n) is 6.07. The van der Waals surface area contributed by atoms with E-state index < -0.39 is 22.3 Å². The van der Waals surface area contributed by atoms with Crippen molar-refractivity contribution in [1.29, 1.82) is 0 Å². The fourth-order valence-corrected chi connectivity index (χ4v) is 3.60. The summed E-state index contributed by atoms with van der Waals surface area (Å²) in [5, 5.41) is 30.4. The maximum Gasteiger partial charge on any atom is 0.335 e. The Balaban J connectivity index is 1.98. The van der Waals surface area contributed by atoms with Gasteiger partial charge in [0.2, 0.25) is 5.75 Å². The Hall–Kier alpha value is -3.86. The smallest absolute Gasteiger partial charge is 0.335 e. The Morgan fingerprint density at radius 2 is 2.07 bits per heavy atom. The standard InChI is InChI=1S/C19H15N3O7S/c1-21-17(24)15(8-10-6-13(22(27)28)16(23)14(7-10)29-2)30-19(21)20-12-5-3-4-11(9-12)18(25)26/h3-9,23H,1-2H3,(H,25,26)/b15-8-,20-19?. The molecule has 1 amide bonds. The molecule has 0 bridgehead atoms. The van der Waals surface area contributed by atoms with Crippen molar-refractivity contribution in [3.8, 4) is 11.5 Å². The minimum atomic E-state index is -1.09. The van der Waals surface area contributed by atoms with Crippen molar-refractivity contribution in [1.82, 2.24) is 4.90 Å². The highest BCUT2D eigenvalue weighted by molar-refractivity contribution is 8.18. The van der Waals surface area contributed by atoms with E-state index >= 15 is 0 Å². The molecule has 154 valence electrons. The van der Waals surface area contributed by atoms with Gasteiger partial charge in [0.05, 0.1) is 28.2 Å². The number of aliphatic imine (C=N–C) groups is 1. The first kappa shape index (κ1) is 20.9. The summed E-state index contributed by atoms with van der Waals surface area (Å²) in [5.74, 6) is -2.18. The zero-order valence-corrected chi connectivity index (χ0v) is 16.5. The highest BCUT2D eigenvalue weighted by Crippen LogP contribution is 2.39. The summed E-state index contributed by atoms with van der Waals surface area (Å²) in [5.41, 5.74) is 0.160. The van der Waals surface area contributed by atoms with Crippen LogP contribution in [0.3, 0.4) is 0 Å². The number of hydrogen-bond acceptors (Lipinski definition) is 8. The number of rotatable bonds is 5. The van der Waals surface area contributed by atoms with Gasteiger partial charge in [0.25, 0.3) is 5.91 Å². The number of aromatic carboxylic acids is 1. The molecule has 2 aromatic carbocycles. The topological polar surface area (TPSA) is 143 Å². The number of phenolic OH excluding ortho intramolecular Hbond substituents is 1. The number of hydrogen-bond donors (Lipinski definition) is 2. The van der Waals surface area contributed by atoms with Crippen LogP contribution in [0.5, 0.6) is 11.5 Å². The van der Waals surface area contributed by atoms with Gasteiger partial charge in [0, 0.05) is 13.1 Å². The molecule has 3 rings (SSSR count). The third-order valence-electron chi connectivity index (χ3n) is 4.11. The number of carbonyl (C=O) groups is 2. The van der Waals surface area contributed by atoms with Crippen LogP contribution < -0.4 is 4.74 Å². The molecular formula is C19H15N3O7S. The molecule has 0 saturated carbocycles. The normalized spacial score (nSPS) is 16.3. The molecule has 1 aliphatic rings. The summed E-state index contributed by atoms with van der Waals surface area (Å²) in [6.45, 7) is 0. The lowest BCUT2D eigenvalue weighted by Crippen LogP contribution is -2.23. The summed E-state index contributed by atoms with van der Waals surface area (Å²) in [6, 6.07) is 8.46. The monoisotopic (exact) mass is 429 g/mol. The number of thioether (sulfide) groups is 1. The number of benzene rings is 2. The van der Waals surface area contributed by atoms with Gasteiger partial charge in [0.1, 0.15) is 0 Å². The van der Waals surface area contributed by atoms with Crippen molar-refractivity contribution < 1.29 is 29.5 Å². The number of amidine groups is 1. The molecule has 30 heavy (non-hydrogen) atoms. The number of aromatic hydroxyl groups is 1. The number of methoxy groups -OCH3 is 1. The predicted molar refractivity (Wildman–Crippen MR) is 110 cm³/mol. The first-order valence-corrected chi connectivity index (χ1v) is 9.18. The van der Waals surface area contributed by atoms with E-state index in [0.29, 0.717) is 10.9 Å². The summed E-state index contributed by atoms with van der Waals surface area (Å²) < 4.78 is 4.96. The molecule has 1 heterocycles. The molecule has 2 aromatic rings. The van der Waals surface area contributed by atoms with Crippen molar-refractivity contribution in [2.75, 3.05) is 14.2 Å². The van der Waals surface area contributed by atoms with Gasteiger partial charge in [-0.15, -0.1) is 0 Å². The van der Waals surface area contributed by atoms with Crippen LogP contribution in [0.2, 0.25) is 0 Å². The number of nitro groups is 1. The summed E-state index contributed by atoms with van der Waals surface area (Å²) in [6.07, 6.45) is 1.43. The zero-order chi connectivity index (χ0) is 22.0. The minimum absolute atomic E-state index is 0.0630. The quantitative estimate of drug-likeness (QED) is 0.419. The van der Waals surface area contributed by atoms with Gasteiger partial charge in [-0.2, -0.15) is 0 Å². The molecule has 0 aliphatic carbocycles. The van der Waals surface area contributed by atoms with Crippen LogP contribution in [0.25, 0.3) is 6.08 Å². The number of amides is 1. The Labute approximate surface area is 174 Å². The molecule has 0 aromatic heterocycles. The molecule has 0 atom stereocenters. The van der Waals surface area contributed by atoms with Crippen molar-refractivity contribution in [2.45, 2.75) is 0 Å². The summed E-state index contributed by atoms with van der Waals surface area (Å²) in [4.78, 5) is 39.9. The van der Waals surface area contributed by atoms with E-state index in [1.54, 1.807) is 12.1 Å². The van der Waals surface area contributed by atoms with Gasteiger partial charge >= 0.3 is 11.7 Å².